The third kappa shape index (κ3) is 5.77. The SMILES string of the molecule is CCC(C)(CN1CCOCC1)C(=O)OCCCCCO. The van der Waals surface area contributed by atoms with Crippen LogP contribution < -0.4 is 0 Å². The first kappa shape index (κ1) is 17.4. The Labute approximate surface area is 122 Å². The number of unbranched alkanes of at least 4 members (excludes halogenated alkanes) is 2. The molecular formula is C15H29NO4. The Morgan fingerprint density at radius 2 is 2.00 bits per heavy atom. The van der Waals surface area contributed by atoms with Crippen molar-refractivity contribution in [2.45, 2.75) is 39.5 Å². The van der Waals surface area contributed by atoms with Crippen LogP contribution in [0.15, 0.2) is 0 Å². The lowest BCUT2D eigenvalue weighted by molar-refractivity contribution is -0.157. The Kier molecular flexibility index (Phi) is 8.11. The molecule has 0 aromatic carbocycles. The summed E-state index contributed by atoms with van der Waals surface area (Å²) in [5.74, 6) is -0.101. The van der Waals surface area contributed by atoms with Gasteiger partial charge < -0.3 is 14.6 Å². The summed E-state index contributed by atoms with van der Waals surface area (Å²) in [6.07, 6.45) is 3.27. The van der Waals surface area contributed by atoms with Gasteiger partial charge in [-0.25, -0.2) is 0 Å². The standard InChI is InChI=1S/C15H29NO4/c1-3-15(2,13-16-7-11-19-12-8-16)14(18)20-10-6-4-5-9-17/h17H,3-13H2,1-2H3. The molecule has 1 saturated heterocycles. The predicted octanol–water partition coefficient (Wildman–Crippen LogP) is 1.44. The largest absolute Gasteiger partial charge is 0.465 e. The fourth-order valence-corrected chi connectivity index (χ4v) is 2.30. The summed E-state index contributed by atoms with van der Waals surface area (Å²) in [7, 11) is 0. The third-order valence-electron chi connectivity index (χ3n) is 3.99. The molecule has 1 heterocycles. The van der Waals surface area contributed by atoms with E-state index in [0.717, 1.165) is 58.5 Å². The Morgan fingerprint density at radius 3 is 2.60 bits per heavy atom. The van der Waals surface area contributed by atoms with Crippen LogP contribution in [0, 0.1) is 5.41 Å². The van der Waals surface area contributed by atoms with Crippen molar-refractivity contribution < 1.29 is 19.4 Å². The minimum absolute atomic E-state index is 0.101. The molecule has 1 aliphatic rings. The third-order valence-corrected chi connectivity index (χ3v) is 3.99. The lowest BCUT2D eigenvalue weighted by Gasteiger charge is -2.35. The number of hydrogen-bond acceptors (Lipinski definition) is 5. The zero-order valence-electron chi connectivity index (χ0n) is 12.9. The van der Waals surface area contributed by atoms with Gasteiger partial charge in [0.05, 0.1) is 25.2 Å². The Balaban J connectivity index is 2.34. The summed E-state index contributed by atoms with van der Waals surface area (Å²) in [4.78, 5) is 14.6. The average molecular weight is 287 g/mol. The highest BCUT2D eigenvalue weighted by Crippen LogP contribution is 2.25. The number of morpholine rings is 1. The van der Waals surface area contributed by atoms with Gasteiger partial charge in [0.25, 0.3) is 0 Å². The van der Waals surface area contributed by atoms with Crippen LogP contribution >= 0.6 is 0 Å². The second-order valence-electron chi connectivity index (χ2n) is 5.72. The van der Waals surface area contributed by atoms with Gasteiger partial charge in [0, 0.05) is 26.2 Å². The molecule has 1 fully saturated rings. The Hall–Kier alpha value is -0.650. The van der Waals surface area contributed by atoms with Crippen LogP contribution in [0.1, 0.15) is 39.5 Å². The number of ether oxygens (including phenoxy) is 2. The number of aliphatic hydroxyl groups excluding tert-OH is 1. The van der Waals surface area contributed by atoms with E-state index in [1.54, 1.807) is 0 Å². The summed E-state index contributed by atoms with van der Waals surface area (Å²) in [6, 6.07) is 0. The minimum Gasteiger partial charge on any atom is -0.465 e. The molecule has 118 valence electrons. The van der Waals surface area contributed by atoms with E-state index in [1.807, 2.05) is 13.8 Å². The molecule has 1 unspecified atom stereocenters. The highest BCUT2D eigenvalue weighted by molar-refractivity contribution is 5.76. The van der Waals surface area contributed by atoms with Crippen LogP contribution in [0.25, 0.3) is 0 Å². The molecule has 0 radical (unpaired) electrons. The normalized spacial score (nSPS) is 19.6. The van der Waals surface area contributed by atoms with Crippen molar-refractivity contribution in [3.05, 3.63) is 0 Å². The number of carbonyl (C=O) groups excluding carboxylic acids is 1. The number of hydrogen-bond donors (Lipinski definition) is 1. The highest BCUT2D eigenvalue weighted by Gasteiger charge is 2.35. The van der Waals surface area contributed by atoms with Crippen molar-refractivity contribution in [2.24, 2.45) is 5.41 Å². The van der Waals surface area contributed by atoms with Crippen LogP contribution in [0.2, 0.25) is 0 Å². The molecular weight excluding hydrogens is 258 g/mol. The lowest BCUT2D eigenvalue weighted by Crippen LogP contribution is -2.46. The summed E-state index contributed by atoms with van der Waals surface area (Å²) in [6.45, 7) is 8.69. The number of esters is 1. The summed E-state index contributed by atoms with van der Waals surface area (Å²) >= 11 is 0. The van der Waals surface area contributed by atoms with Gasteiger partial charge >= 0.3 is 5.97 Å². The molecule has 1 N–H and O–H groups in total. The molecule has 5 nitrogen and oxygen atoms in total. The molecule has 1 rings (SSSR count). The first-order valence-electron chi connectivity index (χ1n) is 7.70. The van der Waals surface area contributed by atoms with Gasteiger partial charge in [-0.05, 0) is 32.6 Å². The van der Waals surface area contributed by atoms with E-state index in [1.165, 1.54) is 0 Å². The quantitative estimate of drug-likeness (QED) is 0.514. The van der Waals surface area contributed by atoms with Gasteiger partial charge in [-0.3, -0.25) is 9.69 Å². The van der Waals surface area contributed by atoms with E-state index < -0.39 is 5.41 Å². The monoisotopic (exact) mass is 287 g/mol. The maximum absolute atomic E-state index is 12.3. The fraction of sp³-hybridized carbons (Fsp3) is 0.933. The summed E-state index contributed by atoms with van der Waals surface area (Å²) in [5, 5.41) is 8.70. The van der Waals surface area contributed by atoms with E-state index in [9.17, 15) is 4.79 Å². The van der Waals surface area contributed by atoms with Gasteiger partial charge in [0.2, 0.25) is 0 Å². The highest BCUT2D eigenvalue weighted by atomic mass is 16.5. The second-order valence-corrected chi connectivity index (χ2v) is 5.72. The Morgan fingerprint density at radius 1 is 1.30 bits per heavy atom. The Bertz CT molecular complexity index is 279. The van der Waals surface area contributed by atoms with Crippen molar-refractivity contribution in [3.63, 3.8) is 0 Å². The van der Waals surface area contributed by atoms with Crippen LogP contribution in [-0.2, 0) is 14.3 Å². The van der Waals surface area contributed by atoms with E-state index in [-0.39, 0.29) is 12.6 Å². The second kappa shape index (κ2) is 9.32. The maximum Gasteiger partial charge on any atom is 0.313 e. The van der Waals surface area contributed by atoms with Gasteiger partial charge in [0.1, 0.15) is 0 Å². The van der Waals surface area contributed by atoms with Gasteiger partial charge in [-0.2, -0.15) is 0 Å². The number of carbonyl (C=O) groups is 1. The first-order chi connectivity index (χ1) is 9.62. The number of nitrogens with zero attached hydrogens (tertiary/aromatic N) is 1. The first-order valence-corrected chi connectivity index (χ1v) is 7.70. The smallest absolute Gasteiger partial charge is 0.313 e. The molecule has 0 saturated carbocycles. The predicted molar refractivity (Wildman–Crippen MR) is 77.6 cm³/mol. The molecule has 5 heteroatoms. The van der Waals surface area contributed by atoms with Crippen molar-refractivity contribution in [3.8, 4) is 0 Å². The van der Waals surface area contributed by atoms with Crippen LogP contribution in [-0.4, -0.2) is 62.0 Å². The minimum atomic E-state index is -0.436. The topological polar surface area (TPSA) is 59.0 Å². The maximum atomic E-state index is 12.3. The van der Waals surface area contributed by atoms with Crippen molar-refractivity contribution in [1.29, 1.82) is 0 Å². The average Bonchev–Trinajstić information content (AvgIpc) is 2.47. The molecule has 0 aliphatic carbocycles. The van der Waals surface area contributed by atoms with E-state index in [0.29, 0.717) is 6.61 Å². The van der Waals surface area contributed by atoms with E-state index >= 15 is 0 Å². The van der Waals surface area contributed by atoms with Crippen molar-refractivity contribution in [1.82, 2.24) is 4.90 Å². The molecule has 0 amide bonds. The lowest BCUT2D eigenvalue weighted by atomic mass is 9.87. The zero-order chi connectivity index (χ0) is 14.8. The fourth-order valence-electron chi connectivity index (χ4n) is 2.30. The molecule has 0 aromatic rings. The van der Waals surface area contributed by atoms with Gasteiger partial charge in [-0.1, -0.05) is 6.92 Å². The molecule has 0 aromatic heterocycles. The van der Waals surface area contributed by atoms with E-state index in [2.05, 4.69) is 4.90 Å². The van der Waals surface area contributed by atoms with Gasteiger partial charge in [0.15, 0.2) is 0 Å². The van der Waals surface area contributed by atoms with Gasteiger partial charge in [-0.15, -0.1) is 0 Å². The molecule has 1 aliphatic heterocycles. The van der Waals surface area contributed by atoms with Crippen LogP contribution in [0.4, 0.5) is 0 Å². The van der Waals surface area contributed by atoms with Crippen molar-refractivity contribution in [2.75, 3.05) is 46.1 Å². The molecule has 0 bridgehead atoms. The summed E-state index contributed by atoms with van der Waals surface area (Å²) in [5.41, 5.74) is -0.436. The molecule has 0 spiro atoms. The molecule has 1 atom stereocenters. The van der Waals surface area contributed by atoms with E-state index in [4.69, 9.17) is 14.6 Å². The van der Waals surface area contributed by atoms with Crippen LogP contribution in [0.3, 0.4) is 0 Å². The molecule has 20 heavy (non-hydrogen) atoms. The zero-order valence-corrected chi connectivity index (χ0v) is 12.9. The van der Waals surface area contributed by atoms with Crippen LogP contribution in [0.5, 0.6) is 0 Å². The van der Waals surface area contributed by atoms with Crippen molar-refractivity contribution >= 4 is 5.97 Å². The number of rotatable bonds is 9. The number of aliphatic hydroxyl groups is 1. The summed E-state index contributed by atoms with van der Waals surface area (Å²) < 4.78 is 10.7.